The van der Waals surface area contributed by atoms with Gasteiger partial charge in [-0.15, -0.1) is 0 Å². The van der Waals surface area contributed by atoms with E-state index in [0.29, 0.717) is 0 Å². The normalized spacial score (nSPS) is 11.2. The highest BCUT2D eigenvalue weighted by molar-refractivity contribution is 6.14. The van der Waals surface area contributed by atoms with Crippen LogP contribution in [-0.4, -0.2) is 9.97 Å². The highest BCUT2D eigenvalue weighted by Gasteiger charge is 2.15. The Bertz CT molecular complexity index is 3240. The Morgan fingerprint density at radius 2 is 0.613 bits per heavy atom. The topological polar surface area (TPSA) is 25.8 Å². The Labute approximate surface area is 362 Å². The predicted molar refractivity (Wildman–Crippen MR) is 261 cm³/mol. The number of hydrogen-bond donors (Lipinski definition) is 0. The second-order valence-corrected chi connectivity index (χ2v) is 15.8. The summed E-state index contributed by atoms with van der Waals surface area (Å²) in [6.45, 7) is 0. The Kier molecular flexibility index (Phi) is 9.57. The van der Waals surface area contributed by atoms with E-state index in [9.17, 15) is 0 Å². The highest BCUT2D eigenvalue weighted by Crippen LogP contribution is 2.39. The van der Waals surface area contributed by atoms with Gasteiger partial charge in [-0.2, -0.15) is 0 Å². The van der Waals surface area contributed by atoms with Gasteiger partial charge in [0.2, 0.25) is 0 Å². The minimum atomic E-state index is 0.933. The number of pyridine rings is 2. The second kappa shape index (κ2) is 16.1. The second-order valence-electron chi connectivity index (χ2n) is 15.8. The summed E-state index contributed by atoms with van der Waals surface area (Å²) in [6.07, 6.45) is 0. The van der Waals surface area contributed by atoms with Gasteiger partial charge in [0.1, 0.15) is 0 Å². The zero-order valence-electron chi connectivity index (χ0n) is 34.0. The van der Waals surface area contributed by atoms with Crippen molar-refractivity contribution in [2.75, 3.05) is 0 Å². The molecule has 0 fully saturated rings. The van der Waals surface area contributed by atoms with Crippen LogP contribution in [0.1, 0.15) is 0 Å². The maximum absolute atomic E-state index is 5.30. The quantitative estimate of drug-likeness (QED) is 0.143. The molecular weight excluding hydrogens is 749 g/mol. The molecule has 2 aromatic heterocycles. The van der Waals surface area contributed by atoms with E-state index in [0.717, 1.165) is 66.9 Å². The first-order chi connectivity index (χ1) is 30.7. The molecule has 0 bridgehead atoms. The molecule has 2 heterocycles. The van der Waals surface area contributed by atoms with E-state index in [-0.39, 0.29) is 0 Å². The average Bonchev–Trinajstić information content (AvgIpc) is 3.37. The van der Waals surface area contributed by atoms with Gasteiger partial charge in [-0.25, -0.2) is 9.97 Å². The molecule has 0 saturated heterocycles. The van der Waals surface area contributed by atoms with Gasteiger partial charge in [0.05, 0.1) is 22.6 Å². The van der Waals surface area contributed by atoms with Crippen LogP contribution in [0.2, 0.25) is 0 Å². The number of benzene rings is 9. The molecule has 0 aliphatic heterocycles. The van der Waals surface area contributed by atoms with Crippen molar-refractivity contribution < 1.29 is 0 Å². The number of hydrogen-bond acceptors (Lipinski definition) is 2. The first-order valence-corrected chi connectivity index (χ1v) is 21.1. The molecule has 9 aromatic carbocycles. The molecule has 0 N–H and O–H groups in total. The van der Waals surface area contributed by atoms with Crippen LogP contribution in [0.15, 0.2) is 243 Å². The van der Waals surface area contributed by atoms with Crippen LogP contribution in [-0.2, 0) is 0 Å². The van der Waals surface area contributed by atoms with Gasteiger partial charge in [0, 0.05) is 22.1 Å². The lowest BCUT2D eigenvalue weighted by Crippen LogP contribution is -1.92. The van der Waals surface area contributed by atoms with Crippen molar-refractivity contribution in [1.82, 2.24) is 9.97 Å². The first kappa shape index (κ1) is 36.8. The number of aromatic nitrogens is 2. The van der Waals surface area contributed by atoms with Crippen molar-refractivity contribution in [1.29, 1.82) is 0 Å². The van der Waals surface area contributed by atoms with Gasteiger partial charge in [-0.05, 0) is 103 Å². The molecule has 290 valence electrons. The smallest absolute Gasteiger partial charge is 0.0722 e. The largest absolute Gasteiger partial charge is 0.248 e. The SMILES string of the molecule is c1ccc(-c2ccc(-c3cc(-c4cccc(-c5ccc6ccc7nc(-c8ccccc8)cc(-c8ccccc8)c7c6c5)c4)cc(-c4ccc(-c5ccccc5)cc4)n3)cc2)cc1. The molecule has 2 nitrogen and oxygen atoms in total. The van der Waals surface area contributed by atoms with E-state index in [2.05, 4.69) is 243 Å². The molecule has 11 aromatic rings. The lowest BCUT2D eigenvalue weighted by Gasteiger charge is -2.15. The van der Waals surface area contributed by atoms with Crippen LogP contribution >= 0.6 is 0 Å². The Morgan fingerprint density at radius 1 is 0.226 bits per heavy atom. The average molecular weight is 789 g/mol. The van der Waals surface area contributed by atoms with Gasteiger partial charge in [-0.1, -0.05) is 206 Å². The van der Waals surface area contributed by atoms with Crippen molar-refractivity contribution in [2.24, 2.45) is 0 Å². The van der Waals surface area contributed by atoms with Crippen LogP contribution in [0.5, 0.6) is 0 Å². The molecule has 2 heteroatoms. The molecule has 0 aliphatic rings. The Balaban J connectivity index is 1.03. The van der Waals surface area contributed by atoms with Crippen LogP contribution in [0.4, 0.5) is 0 Å². The van der Waals surface area contributed by atoms with E-state index in [1.807, 2.05) is 0 Å². The summed E-state index contributed by atoms with van der Waals surface area (Å²) in [6, 6.07) is 86.5. The fraction of sp³-hybridized carbons (Fsp3) is 0. The summed E-state index contributed by atoms with van der Waals surface area (Å²) in [7, 11) is 0. The minimum absolute atomic E-state index is 0.933. The lowest BCUT2D eigenvalue weighted by molar-refractivity contribution is 1.32. The molecule has 0 aliphatic carbocycles. The number of rotatable bonds is 8. The summed E-state index contributed by atoms with van der Waals surface area (Å²) in [5, 5.41) is 3.53. The van der Waals surface area contributed by atoms with Crippen LogP contribution < -0.4 is 0 Å². The molecule has 0 unspecified atom stereocenters. The van der Waals surface area contributed by atoms with E-state index in [1.54, 1.807) is 0 Å². The highest BCUT2D eigenvalue weighted by atomic mass is 14.7. The van der Waals surface area contributed by atoms with Gasteiger partial charge < -0.3 is 0 Å². The number of fused-ring (bicyclic) bond motifs is 3. The zero-order chi connectivity index (χ0) is 41.2. The molecule has 0 atom stereocenters. The van der Waals surface area contributed by atoms with Crippen molar-refractivity contribution in [3.05, 3.63) is 243 Å². The Hall–Kier alpha value is -8.20. The standard InChI is InChI=1S/C60H40N2/c1-5-14-41(15-6-1)43-24-29-48(30-25-43)57-38-53(39-58(62-57)49-31-26-44(27-32-49)42-16-7-2-8-17-42)51-23-13-22-50(36-51)52-33-28-46-34-35-56-60(54(46)37-52)55(45-18-9-3-10-19-45)40-59(61-56)47-20-11-4-12-21-47/h1-40H. The van der Waals surface area contributed by atoms with Gasteiger partial charge in [-0.3, -0.25) is 0 Å². The van der Waals surface area contributed by atoms with Crippen molar-refractivity contribution >= 4 is 21.7 Å². The van der Waals surface area contributed by atoms with Gasteiger partial charge in [0.25, 0.3) is 0 Å². The third-order valence-electron chi connectivity index (χ3n) is 11.9. The first-order valence-electron chi connectivity index (χ1n) is 21.1. The van der Waals surface area contributed by atoms with Crippen LogP contribution in [0.3, 0.4) is 0 Å². The van der Waals surface area contributed by atoms with E-state index in [4.69, 9.17) is 9.97 Å². The summed E-state index contributed by atoms with van der Waals surface area (Å²) >= 11 is 0. The third-order valence-corrected chi connectivity index (χ3v) is 11.9. The predicted octanol–water partition coefficient (Wildman–Crippen LogP) is 16.1. The molecule has 11 rings (SSSR count). The molecule has 0 amide bonds. The van der Waals surface area contributed by atoms with Gasteiger partial charge in [0.15, 0.2) is 0 Å². The van der Waals surface area contributed by atoms with E-state index >= 15 is 0 Å². The lowest BCUT2D eigenvalue weighted by atomic mass is 9.92. The Morgan fingerprint density at radius 3 is 1.18 bits per heavy atom. The molecular formula is C60H40N2. The molecule has 62 heavy (non-hydrogen) atoms. The van der Waals surface area contributed by atoms with Crippen molar-refractivity contribution in [3.8, 4) is 89.4 Å². The van der Waals surface area contributed by atoms with Crippen molar-refractivity contribution in [2.45, 2.75) is 0 Å². The summed E-state index contributed by atoms with van der Waals surface area (Å²) < 4.78 is 0. The molecule has 0 saturated carbocycles. The summed E-state index contributed by atoms with van der Waals surface area (Å²) in [5.74, 6) is 0. The van der Waals surface area contributed by atoms with Crippen LogP contribution in [0, 0.1) is 0 Å². The molecule has 0 spiro atoms. The monoisotopic (exact) mass is 788 g/mol. The van der Waals surface area contributed by atoms with Gasteiger partial charge >= 0.3 is 0 Å². The zero-order valence-corrected chi connectivity index (χ0v) is 34.0. The maximum Gasteiger partial charge on any atom is 0.0722 e. The van der Waals surface area contributed by atoms with E-state index in [1.165, 1.54) is 44.2 Å². The number of nitrogens with zero attached hydrogens (tertiary/aromatic N) is 2. The summed E-state index contributed by atoms with van der Waals surface area (Å²) in [4.78, 5) is 10.5. The fourth-order valence-electron chi connectivity index (χ4n) is 8.64. The van der Waals surface area contributed by atoms with Crippen LogP contribution in [0.25, 0.3) is 111 Å². The minimum Gasteiger partial charge on any atom is -0.248 e. The van der Waals surface area contributed by atoms with E-state index < -0.39 is 0 Å². The third kappa shape index (κ3) is 7.25. The fourth-order valence-corrected chi connectivity index (χ4v) is 8.64. The van der Waals surface area contributed by atoms with Crippen molar-refractivity contribution in [3.63, 3.8) is 0 Å². The molecule has 0 radical (unpaired) electrons. The summed E-state index contributed by atoms with van der Waals surface area (Å²) in [5.41, 5.74) is 18.7. The maximum atomic E-state index is 5.30.